The first-order valence-electron chi connectivity index (χ1n) is 6.28. The molecule has 0 aliphatic carbocycles. The van der Waals surface area contributed by atoms with Gasteiger partial charge in [0.25, 0.3) is 5.91 Å². The fourth-order valence-electron chi connectivity index (χ4n) is 1.63. The number of benzene rings is 1. The van der Waals surface area contributed by atoms with Gasteiger partial charge in [-0.3, -0.25) is 9.89 Å². The molecule has 0 aliphatic heterocycles. The normalized spacial score (nSPS) is 10.7. The zero-order valence-corrected chi connectivity index (χ0v) is 11.4. The molecular formula is C14H16N4O2. The van der Waals surface area contributed by atoms with Crippen LogP contribution in [0.5, 0.6) is 5.75 Å². The van der Waals surface area contributed by atoms with Gasteiger partial charge in [0.1, 0.15) is 5.75 Å². The number of nitrogens with one attached hydrogen (secondary N) is 2. The highest BCUT2D eigenvalue weighted by Gasteiger charge is 2.07. The number of amides is 1. The third-order valence-electron chi connectivity index (χ3n) is 2.53. The summed E-state index contributed by atoms with van der Waals surface area (Å²) in [4.78, 5) is 11.7. The molecule has 6 heteroatoms. The van der Waals surface area contributed by atoms with Gasteiger partial charge in [-0.15, -0.1) is 0 Å². The Morgan fingerprint density at radius 2 is 2.30 bits per heavy atom. The number of H-pyrrole nitrogens is 1. The Morgan fingerprint density at radius 1 is 1.50 bits per heavy atom. The van der Waals surface area contributed by atoms with Crippen molar-refractivity contribution in [2.24, 2.45) is 5.10 Å². The van der Waals surface area contributed by atoms with Crippen molar-refractivity contribution in [3.05, 3.63) is 47.3 Å². The maximum atomic E-state index is 11.7. The van der Waals surface area contributed by atoms with Crippen LogP contribution >= 0.6 is 0 Å². The number of ether oxygens (including phenoxy) is 1. The number of aromatic amines is 1. The topological polar surface area (TPSA) is 79.4 Å². The number of rotatable bonds is 5. The quantitative estimate of drug-likeness (QED) is 0.644. The van der Waals surface area contributed by atoms with Gasteiger partial charge in [0, 0.05) is 11.3 Å². The summed E-state index contributed by atoms with van der Waals surface area (Å²) in [6, 6.07) is 9.12. The second-order valence-electron chi connectivity index (χ2n) is 4.11. The van der Waals surface area contributed by atoms with Crippen molar-refractivity contribution < 1.29 is 9.53 Å². The van der Waals surface area contributed by atoms with Gasteiger partial charge in [0.2, 0.25) is 0 Å². The Labute approximate surface area is 116 Å². The number of para-hydroxylation sites is 1. The molecule has 6 nitrogen and oxygen atoms in total. The Balaban J connectivity index is 2.01. The lowest BCUT2D eigenvalue weighted by Crippen LogP contribution is -2.18. The molecule has 2 rings (SSSR count). The van der Waals surface area contributed by atoms with Crippen LogP contribution in [0.15, 0.2) is 35.4 Å². The molecule has 2 aromatic rings. The van der Waals surface area contributed by atoms with E-state index >= 15 is 0 Å². The van der Waals surface area contributed by atoms with E-state index in [1.54, 1.807) is 12.3 Å². The average molecular weight is 272 g/mol. The molecular weight excluding hydrogens is 256 g/mol. The minimum absolute atomic E-state index is 0.303. The summed E-state index contributed by atoms with van der Waals surface area (Å²) in [5, 5.41) is 10.5. The molecule has 0 unspecified atom stereocenters. The molecule has 1 amide bonds. The molecule has 20 heavy (non-hydrogen) atoms. The summed E-state index contributed by atoms with van der Waals surface area (Å²) < 4.78 is 5.46. The van der Waals surface area contributed by atoms with E-state index in [0.717, 1.165) is 17.0 Å². The Hall–Kier alpha value is -2.63. The lowest BCUT2D eigenvalue weighted by atomic mass is 10.2. The minimum atomic E-state index is -0.362. The second kappa shape index (κ2) is 6.51. The van der Waals surface area contributed by atoms with Gasteiger partial charge in [-0.05, 0) is 32.0 Å². The lowest BCUT2D eigenvalue weighted by Gasteiger charge is -2.05. The number of aryl methyl sites for hydroxylation is 1. The van der Waals surface area contributed by atoms with Gasteiger partial charge in [-0.2, -0.15) is 10.2 Å². The van der Waals surface area contributed by atoms with Crippen molar-refractivity contribution in [3.8, 4) is 5.75 Å². The second-order valence-corrected chi connectivity index (χ2v) is 4.11. The maximum Gasteiger partial charge on any atom is 0.291 e. The Morgan fingerprint density at radius 3 is 3.00 bits per heavy atom. The summed E-state index contributed by atoms with van der Waals surface area (Å²) in [6.45, 7) is 4.31. The van der Waals surface area contributed by atoms with Gasteiger partial charge in [0.15, 0.2) is 5.69 Å². The third kappa shape index (κ3) is 3.44. The monoisotopic (exact) mass is 272 g/mol. The van der Waals surface area contributed by atoms with E-state index in [1.807, 2.05) is 38.1 Å². The number of carbonyl (C=O) groups is 1. The highest BCUT2D eigenvalue weighted by Crippen LogP contribution is 2.15. The van der Waals surface area contributed by atoms with E-state index in [9.17, 15) is 4.79 Å². The molecule has 104 valence electrons. The van der Waals surface area contributed by atoms with Gasteiger partial charge in [0.05, 0.1) is 12.8 Å². The zero-order chi connectivity index (χ0) is 14.4. The average Bonchev–Trinajstić information content (AvgIpc) is 2.88. The first-order valence-corrected chi connectivity index (χ1v) is 6.28. The number of nitrogens with zero attached hydrogens (tertiary/aromatic N) is 2. The molecule has 0 bridgehead atoms. The summed E-state index contributed by atoms with van der Waals surface area (Å²) in [5.41, 5.74) is 4.35. The van der Waals surface area contributed by atoms with Gasteiger partial charge >= 0.3 is 0 Å². The van der Waals surface area contributed by atoms with Crippen molar-refractivity contribution in [3.63, 3.8) is 0 Å². The number of aromatic nitrogens is 2. The van der Waals surface area contributed by atoms with Crippen molar-refractivity contribution in [2.45, 2.75) is 13.8 Å². The van der Waals surface area contributed by atoms with Crippen molar-refractivity contribution in [2.75, 3.05) is 6.61 Å². The molecule has 0 saturated carbocycles. The van der Waals surface area contributed by atoms with Crippen molar-refractivity contribution in [1.82, 2.24) is 15.6 Å². The zero-order valence-electron chi connectivity index (χ0n) is 11.4. The van der Waals surface area contributed by atoms with Crippen LogP contribution < -0.4 is 10.2 Å². The van der Waals surface area contributed by atoms with Gasteiger partial charge in [-0.25, -0.2) is 5.43 Å². The standard InChI is InChI=1S/C14H16N4O2/c1-3-20-13-7-5-4-6-11(13)9-15-18-14(19)12-8-10(2)16-17-12/h4-9H,3H2,1-2H3,(H,16,17)(H,18,19)/b15-9-. The number of hydrogen-bond acceptors (Lipinski definition) is 4. The van der Waals surface area contributed by atoms with Gasteiger partial charge < -0.3 is 4.74 Å². The predicted octanol–water partition coefficient (Wildman–Crippen LogP) is 1.88. The van der Waals surface area contributed by atoms with Crippen LogP contribution in [0, 0.1) is 6.92 Å². The molecule has 1 heterocycles. The molecule has 0 saturated heterocycles. The summed E-state index contributed by atoms with van der Waals surface area (Å²) in [5.74, 6) is 0.364. The molecule has 2 N–H and O–H groups in total. The van der Waals surface area contributed by atoms with E-state index in [2.05, 4.69) is 20.7 Å². The van der Waals surface area contributed by atoms with Crippen LogP contribution in [0.1, 0.15) is 28.7 Å². The van der Waals surface area contributed by atoms with Crippen LogP contribution in [0.25, 0.3) is 0 Å². The fraction of sp³-hybridized carbons (Fsp3) is 0.214. The first kappa shape index (κ1) is 13.8. The van der Waals surface area contributed by atoms with Crippen LogP contribution in [0.4, 0.5) is 0 Å². The molecule has 0 aliphatic rings. The summed E-state index contributed by atoms with van der Waals surface area (Å²) >= 11 is 0. The molecule has 1 aromatic heterocycles. The third-order valence-corrected chi connectivity index (χ3v) is 2.53. The SMILES string of the molecule is CCOc1ccccc1/C=N\NC(=O)c1cc(C)[nH]n1. The number of carbonyl (C=O) groups excluding carboxylic acids is 1. The summed E-state index contributed by atoms with van der Waals surface area (Å²) in [7, 11) is 0. The van der Waals surface area contributed by atoms with Crippen LogP contribution in [0.3, 0.4) is 0 Å². The number of hydrogen-bond donors (Lipinski definition) is 2. The fourth-order valence-corrected chi connectivity index (χ4v) is 1.63. The predicted molar refractivity (Wildman–Crippen MR) is 76.0 cm³/mol. The van der Waals surface area contributed by atoms with Crippen LogP contribution in [-0.2, 0) is 0 Å². The van der Waals surface area contributed by atoms with Crippen LogP contribution in [0.2, 0.25) is 0 Å². The molecule has 0 radical (unpaired) electrons. The highest BCUT2D eigenvalue weighted by molar-refractivity contribution is 5.93. The largest absolute Gasteiger partial charge is 0.493 e. The van der Waals surface area contributed by atoms with E-state index in [4.69, 9.17) is 4.74 Å². The van der Waals surface area contributed by atoms with Crippen molar-refractivity contribution >= 4 is 12.1 Å². The van der Waals surface area contributed by atoms with Crippen LogP contribution in [-0.4, -0.2) is 28.9 Å². The number of hydrazone groups is 1. The Kier molecular flexibility index (Phi) is 4.49. The molecule has 0 spiro atoms. The highest BCUT2D eigenvalue weighted by atomic mass is 16.5. The van der Waals surface area contributed by atoms with E-state index < -0.39 is 0 Å². The molecule has 0 atom stereocenters. The van der Waals surface area contributed by atoms with Crippen molar-refractivity contribution in [1.29, 1.82) is 0 Å². The summed E-state index contributed by atoms with van der Waals surface area (Å²) in [6.07, 6.45) is 1.54. The molecule has 0 fully saturated rings. The molecule has 1 aromatic carbocycles. The lowest BCUT2D eigenvalue weighted by molar-refractivity contribution is 0.0950. The smallest absolute Gasteiger partial charge is 0.291 e. The van der Waals surface area contributed by atoms with Gasteiger partial charge in [-0.1, -0.05) is 12.1 Å². The minimum Gasteiger partial charge on any atom is -0.493 e. The first-order chi connectivity index (χ1) is 9.70. The maximum absolute atomic E-state index is 11.7. The van der Waals surface area contributed by atoms with E-state index in [-0.39, 0.29) is 5.91 Å². The Bertz CT molecular complexity index is 619. The van der Waals surface area contributed by atoms with E-state index in [1.165, 1.54) is 0 Å². The van der Waals surface area contributed by atoms with E-state index in [0.29, 0.717) is 12.3 Å².